The number of hydrogen-bond donors (Lipinski definition) is 2. The summed E-state index contributed by atoms with van der Waals surface area (Å²) in [4.78, 5) is 24.5. The average Bonchev–Trinajstić information content (AvgIpc) is 2.98. The highest BCUT2D eigenvalue weighted by Crippen LogP contribution is 2.38. The zero-order valence-electron chi connectivity index (χ0n) is 29.8. The number of carbonyl (C=O) groups excluding carboxylic acids is 1. The number of nitrogens with zero attached hydrogens (tertiary/aromatic N) is 1. The molecule has 0 fully saturated rings. The minimum absolute atomic E-state index is 0.00673. The second kappa shape index (κ2) is 29.1. The number of allylic oxidation sites excluding steroid dienone is 3. The maximum absolute atomic E-state index is 12.3. The van der Waals surface area contributed by atoms with E-state index < -0.39 is 26.6 Å². The summed E-state index contributed by atoms with van der Waals surface area (Å²) in [7, 11) is 1.24. The normalized spacial score (nSPS) is 15.1. The Bertz CT molecular complexity index is 799. The van der Waals surface area contributed by atoms with Gasteiger partial charge in [-0.15, -0.1) is 0 Å². The second-order valence-corrected chi connectivity index (χ2v) is 15.0. The first-order valence-electron chi connectivity index (χ1n) is 18.2. The third kappa shape index (κ3) is 31.4. The summed E-state index contributed by atoms with van der Waals surface area (Å²) in [6, 6.07) is -0.893. The highest BCUT2D eigenvalue weighted by molar-refractivity contribution is 7.45. The first-order chi connectivity index (χ1) is 21.5. The average molecular weight is 659 g/mol. The van der Waals surface area contributed by atoms with E-state index >= 15 is 0 Å². The molecule has 0 saturated heterocycles. The molecule has 0 radical (unpaired) electrons. The maximum atomic E-state index is 12.3. The summed E-state index contributed by atoms with van der Waals surface area (Å²) in [6.07, 6.45) is 32.0. The fourth-order valence-electron chi connectivity index (χ4n) is 4.91. The van der Waals surface area contributed by atoms with Gasteiger partial charge in [-0.25, -0.2) is 0 Å². The number of phosphoric acid groups is 1. The lowest BCUT2D eigenvalue weighted by Crippen LogP contribution is -2.45. The van der Waals surface area contributed by atoms with Crippen LogP contribution in [0.1, 0.15) is 149 Å². The van der Waals surface area contributed by atoms with E-state index in [1.54, 1.807) is 6.08 Å². The lowest BCUT2D eigenvalue weighted by Gasteiger charge is -2.29. The fourth-order valence-corrected chi connectivity index (χ4v) is 5.63. The Balaban J connectivity index is 4.15. The van der Waals surface area contributed by atoms with Crippen LogP contribution in [0.5, 0.6) is 0 Å². The zero-order valence-corrected chi connectivity index (χ0v) is 30.7. The van der Waals surface area contributed by atoms with Gasteiger partial charge in [-0.1, -0.05) is 134 Å². The van der Waals surface area contributed by atoms with Gasteiger partial charge in [0.1, 0.15) is 13.2 Å². The SMILES string of the molecule is CCCCCCCCCCCCCCCCC/C=C/CC/C=C/C(O)C(COP(=O)([O-])OCC[N+](C)(C)C)NC(=O)CCCC. The van der Waals surface area contributed by atoms with Gasteiger partial charge in [0, 0.05) is 6.42 Å². The summed E-state index contributed by atoms with van der Waals surface area (Å²) < 4.78 is 22.8. The van der Waals surface area contributed by atoms with Crippen LogP contribution in [-0.2, 0) is 18.4 Å². The van der Waals surface area contributed by atoms with Gasteiger partial charge in [-0.2, -0.15) is 0 Å². The molecule has 0 aliphatic carbocycles. The molecule has 0 aliphatic rings. The standard InChI is InChI=1S/C36H71N2O6P/c1-6-8-10-11-12-13-14-15-16-17-18-19-20-21-22-23-24-25-26-27-28-29-35(39)34(37-36(40)30-9-7-2)33-44-45(41,42)43-32-31-38(3,4)5/h24-25,28-29,34-35,39H,6-23,26-27,30-33H2,1-5H3,(H-,37,40,41,42)/b25-24+,29-28+. The second-order valence-electron chi connectivity index (χ2n) is 13.6. The van der Waals surface area contributed by atoms with Crippen molar-refractivity contribution in [1.82, 2.24) is 5.32 Å². The van der Waals surface area contributed by atoms with Crippen molar-refractivity contribution in [3.05, 3.63) is 24.3 Å². The van der Waals surface area contributed by atoms with Crippen molar-refractivity contribution in [2.45, 2.75) is 161 Å². The van der Waals surface area contributed by atoms with Gasteiger partial charge >= 0.3 is 0 Å². The summed E-state index contributed by atoms with van der Waals surface area (Å²) in [6.45, 7) is 4.35. The predicted octanol–water partition coefficient (Wildman–Crippen LogP) is 8.38. The van der Waals surface area contributed by atoms with Crippen molar-refractivity contribution < 1.29 is 32.9 Å². The van der Waals surface area contributed by atoms with E-state index in [1.165, 1.54) is 96.3 Å². The molecule has 0 aliphatic heterocycles. The van der Waals surface area contributed by atoms with E-state index in [1.807, 2.05) is 34.1 Å². The number of amides is 1. The molecule has 0 bridgehead atoms. The van der Waals surface area contributed by atoms with Crippen LogP contribution in [0, 0.1) is 0 Å². The number of aliphatic hydroxyl groups excluding tert-OH is 1. The maximum Gasteiger partial charge on any atom is 0.268 e. The monoisotopic (exact) mass is 659 g/mol. The number of aliphatic hydroxyl groups is 1. The number of hydrogen-bond acceptors (Lipinski definition) is 6. The van der Waals surface area contributed by atoms with Gasteiger partial charge in [0.25, 0.3) is 7.82 Å². The van der Waals surface area contributed by atoms with E-state index in [2.05, 4.69) is 24.4 Å². The van der Waals surface area contributed by atoms with Crippen LogP contribution in [0.2, 0.25) is 0 Å². The molecule has 45 heavy (non-hydrogen) atoms. The molecular formula is C36H71N2O6P. The summed E-state index contributed by atoms with van der Waals surface area (Å²) in [5.41, 5.74) is 0. The molecule has 0 aromatic carbocycles. The third-order valence-electron chi connectivity index (χ3n) is 7.91. The predicted molar refractivity (Wildman–Crippen MR) is 187 cm³/mol. The Hall–Kier alpha value is -1.02. The van der Waals surface area contributed by atoms with Gasteiger partial charge < -0.3 is 28.8 Å². The summed E-state index contributed by atoms with van der Waals surface area (Å²) >= 11 is 0. The Morgan fingerprint density at radius 1 is 0.756 bits per heavy atom. The van der Waals surface area contributed by atoms with Crippen LogP contribution < -0.4 is 10.2 Å². The van der Waals surface area contributed by atoms with Gasteiger partial charge in [0.15, 0.2) is 0 Å². The molecule has 1 amide bonds. The van der Waals surface area contributed by atoms with Crippen molar-refractivity contribution in [3.63, 3.8) is 0 Å². The summed E-state index contributed by atoms with van der Waals surface area (Å²) in [5.74, 6) is -0.244. The van der Waals surface area contributed by atoms with Gasteiger partial charge in [0.2, 0.25) is 5.91 Å². The topological polar surface area (TPSA) is 108 Å². The summed E-state index contributed by atoms with van der Waals surface area (Å²) in [5, 5.41) is 13.4. The van der Waals surface area contributed by atoms with E-state index in [0.717, 1.165) is 25.7 Å². The Kier molecular flexibility index (Phi) is 28.5. The fraction of sp³-hybridized carbons (Fsp3) is 0.861. The van der Waals surface area contributed by atoms with Crippen LogP contribution >= 0.6 is 7.82 Å². The minimum atomic E-state index is -4.56. The van der Waals surface area contributed by atoms with Crippen molar-refractivity contribution in [3.8, 4) is 0 Å². The van der Waals surface area contributed by atoms with Crippen molar-refractivity contribution in [2.75, 3.05) is 40.9 Å². The molecule has 3 unspecified atom stereocenters. The first-order valence-corrected chi connectivity index (χ1v) is 19.7. The number of nitrogens with one attached hydrogen (secondary N) is 1. The molecule has 8 nitrogen and oxygen atoms in total. The van der Waals surface area contributed by atoms with E-state index in [0.29, 0.717) is 23.9 Å². The molecule has 2 N–H and O–H groups in total. The molecule has 0 aromatic heterocycles. The minimum Gasteiger partial charge on any atom is -0.756 e. The largest absolute Gasteiger partial charge is 0.756 e. The zero-order chi connectivity index (χ0) is 33.7. The highest BCUT2D eigenvalue weighted by Gasteiger charge is 2.23. The quantitative estimate of drug-likeness (QED) is 0.0325. The molecule has 0 aromatic rings. The van der Waals surface area contributed by atoms with Crippen LogP contribution in [0.15, 0.2) is 24.3 Å². The lowest BCUT2D eigenvalue weighted by molar-refractivity contribution is -0.870. The number of likely N-dealkylation sites (N-methyl/N-ethyl adjacent to an activating group) is 1. The van der Waals surface area contributed by atoms with Crippen molar-refractivity contribution in [2.24, 2.45) is 0 Å². The van der Waals surface area contributed by atoms with Crippen LogP contribution in [-0.4, -0.2) is 68.5 Å². The highest BCUT2D eigenvalue weighted by atomic mass is 31.2. The number of unbranched alkanes of at least 4 members (excludes halogenated alkanes) is 17. The van der Waals surface area contributed by atoms with Gasteiger partial charge in [0.05, 0.1) is 39.9 Å². The molecule has 0 heterocycles. The van der Waals surface area contributed by atoms with Gasteiger partial charge in [-0.3, -0.25) is 9.36 Å². The molecular weight excluding hydrogens is 587 g/mol. The Labute approximate surface area is 277 Å². The van der Waals surface area contributed by atoms with Crippen LogP contribution in [0.4, 0.5) is 0 Å². The first kappa shape index (κ1) is 44.0. The van der Waals surface area contributed by atoms with Crippen LogP contribution in [0.3, 0.4) is 0 Å². The van der Waals surface area contributed by atoms with E-state index in [-0.39, 0.29) is 12.5 Å². The van der Waals surface area contributed by atoms with E-state index in [9.17, 15) is 19.4 Å². The lowest BCUT2D eigenvalue weighted by atomic mass is 10.0. The van der Waals surface area contributed by atoms with Crippen LogP contribution in [0.25, 0.3) is 0 Å². The van der Waals surface area contributed by atoms with Crippen molar-refractivity contribution in [1.29, 1.82) is 0 Å². The molecule has 0 rings (SSSR count). The number of phosphoric ester groups is 1. The molecule has 266 valence electrons. The number of rotatable bonds is 32. The molecule has 3 atom stereocenters. The Morgan fingerprint density at radius 2 is 1.24 bits per heavy atom. The number of carbonyl (C=O) groups is 1. The number of quaternary nitrogens is 1. The van der Waals surface area contributed by atoms with Crippen molar-refractivity contribution >= 4 is 13.7 Å². The third-order valence-corrected chi connectivity index (χ3v) is 8.88. The van der Waals surface area contributed by atoms with Gasteiger partial charge in [-0.05, 0) is 32.1 Å². The molecule has 9 heteroatoms. The molecule has 0 saturated carbocycles. The van der Waals surface area contributed by atoms with E-state index in [4.69, 9.17) is 9.05 Å². The smallest absolute Gasteiger partial charge is 0.268 e. The Morgan fingerprint density at radius 3 is 1.78 bits per heavy atom. The molecule has 0 spiro atoms.